The molecule has 4 bridgehead atoms. The Kier molecular flexibility index (Phi) is 11.1. The van der Waals surface area contributed by atoms with Gasteiger partial charge in [-0.2, -0.15) is 0 Å². The summed E-state index contributed by atoms with van der Waals surface area (Å²) in [6.07, 6.45) is 0.555. The van der Waals surface area contributed by atoms with Gasteiger partial charge in [0.05, 0.1) is 6.04 Å². The first-order valence-electron chi connectivity index (χ1n) is 16.3. The Labute approximate surface area is 291 Å². The molecule has 4 heterocycles. The molecule has 4 aromatic rings. The van der Waals surface area contributed by atoms with E-state index in [1.807, 2.05) is 44.2 Å². The summed E-state index contributed by atoms with van der Waals surface area (Å²) in [6.45, 7) is 5.58. The van der Waals surface area contributed by atoms with E-state index in [1.54, 1.807) is 12.3 Å². The van der Waals surface area contributed by atoms with Crippen molar-refractivity contribution in [2.75, 3.05) is 19.6 Å². The quantitative estimate of drug-likeness (QED) is 0.285. The number of carbonyl (C=O) groups excluding carboxylic acids is 4. The minimum absolute atomic E-state index is 0.00160. The van der Waals surface area contributed by atoms with E-state index in [2.05, 4.69) is 25.9 Å². The Bertz CT molecular complexity index is 2010. The van der Waals surface area contributed by atoms with Gasteiger partial charge in [-0.15, -0.1) is 11.3 Å². The SMILES string of the molecule is Cc1oc2nc1C(=O)N[C@@H](C(C)C)c1nc(cs1)C(=O)NCCN(C(=O)c1cc(=O)n(C)c(=O)n1C)CCCC(=O)N[C@H]2Cc1ccccc1. The molecule has 3 aromatic heterocycles. The van der Waals surface area contributed by atoms with Gasteiger partial charge < -0.3 is 25.3 Å². The summed E-state index contributed by atoms with van der Waals surface area (Å²) in [7, 11) is 2.72. The van der Waals surface area contributed by atoms with Crippen LogP contribution in [-0.2, 0) is 25.3 Å². The fourth-order valence-electron chi connectivity index (χ4n) is 5.59. The molecule has 0 fully saturated rings. The number of hydrogen-bond donors (Lipinski definition) is 3. The molecule has 0 spiro atoms. The fraction of sp³-hybridized carbons (Fsp3) is 0.412. The molecule has 0 unspecified atom stereocenters. The number of hydrogen-bond acceptors (Lipinski definition) is 10. The van der Waals surface area contributed by atoms with Crippen molar-refractivity contribution in [3.05, 3.63) is 102 Å². The molecule has 1 aliphatic heterocycles. The van der Waals surface area contributed by atoms with Crippen molar-refractivity contribution >= 4 is 35.0 Å². The molecule has 264 valence electrons. The molecule has 0 saturated heterocycles. The number of aryl methyl sites for hydroxylation is 1. The normalized spacial score (nSPS) is 18.0. The number of fused-ring (bicyclic) bond motifs is 4. The predicted octanol–water partition coefficient (Wildman–Crippen LogP) is 2.03. The molecule has 0 saturated carbocycles. The van der Waals surface area contributed by atoms with Crippen molar-refractivity contribution in [2.24, 2.45) is 20.0 Å². The van der Waals surface area contributed by atoms with Gasteiger partial charge in [0.2, 0.25) is 11.8 Å². The van der Waals surface area contributed by atoms with Crippen molar-refractivity contribution in [1.29, 1.82) is 0 Å². The van der Waals surface area contributed by atoms with E-state index in [4.69, 9.17) is 4.42 Å². The van der Waals surface area contributed by atoms with Crippen LogP contribution < -0.4 is 27.2 Å². The van der Waals surface area contributed by atoms with Gasteiger partial charge in [-0.05, 0) is 24.8 Å². The van der Waals surface area contributed by atoms with E-state index < -0.39 is 41.1 Å². The zero-order valence-corrected chi connectivity index (χ0v) is 29.3. The highest BCUT2D eigenvalue weighted by Gasteiger charge is 2.29. The Morgan fingerprint density at radius 2 is 1.74 bits per heavy atom. The number of rotatable bonds is 4. The summed E-state index contributed by atoms with van der Waals surface area (Å²) in [6, 6.07) is 9.31. The lowest BCUT2D eigenvalue weighted by Crippen LogP contribution is -2.44. The monoisotopic (exact) mass is 704 g/mol. The lowest BCUT2D eigenvalue weighted by Gasteiger charge is -2.24. The van der Waals surface area contributed by atoms with Crippen LogP contribution in [-0.4, -0.2) is 67.3 Å². The van der Waals surface area contributed by atoms with Crippen molar-refractivity contribution in [3.8, 4) is 0 Å². The Hall–Kier alpha value is -5.38. The number of nitrogens with zero attached hydrogens (tertiary/aromatic N) is 5. The average Bonchev–Trinajstić information content (AvgIpc) is 3.74. The molecule has 2 atom stereocenters. The first-order valence-corrected chi connectivity index (χ1v) is 17.1. The minimum Gasteiger partial charge on any atom is -0.443 e. The highest BCUT2D eigenvalue weighted by molar-refractivity contribution is 7.09. The Morgan fingerprint density at radius 3 is 2.46 bits per heavy atom. The van der Waals surface area contributed by atoms with Crippen molar-refractivity contribution in [2.45, 2.75) is 52.1 Å². The van der Waals surface area contributed by atoms with Gasteiger partial charge in [0.15, 0.2) is 5.69 Å². The van der Waals surface area contributed by atoms with Gasteiger partial charge in [-0.25, -0.2) is 14.8 Å². The molecule has 50 heavy (non-hydrogen) atoms. The van der Waals surface area contributed by atoms with Crippen molar-refractivity contribution < 1.29 is 23.6 Å². The van der Waals surface area contributed by atoms with Crippen LogP contribution >= 0.6 is 11.3 Å². The van der Waals surface area contributed by atoms with Crippen LogP contribution in [0, 0.1) is 12.8 Å². The van der Waals surface area contributed by atoms with Crippen LogP contribution in [0.5, 0.6) is 0 Å². The van der Waals surface area contributed by atoms with E-state index >= 15 is 0 Å². The Morgan fingerprint density at radius 1 is 1.00 bits per heavy atom. The van der Waals surface area contributed by atoms with Crippen LogP contribution in [0.4, 0.5) is 0 Å². The second kappa shape index (κ2) is 15.4. The third kappa shape index (κ3) is 8.07. The molecule has 0 radical (unpaired) electrons. The molecular formula is C34H40N8O7S. The summed E-state index contributed by atoms with van der Waals surface area (Å²) < 4.78 is 7.97. The number of benzene rings is 1. The highest BCUT2D eigenvalue weighted by atomic mass is 32.1. The first kappa shape index (κ1) is 35.9. The topological polar surface area (TPSA) is 191 Å². The van der Waals surface area contributed by atoms with Gasteiger partial charge in [-0.3, -0.25) is 33.1 Å². The second-order valence-corrected chi connectivity index (χ2v) is 13.3. The maximum Gasteiger partial charge on any atom is 0.331 e. The number of nitrogens with one attached hydrogen (secondary N) is 3. The predicted molar refractivity (Wildman–Crippen MR) is 184 cm³/mol. The average molecular weight is 705 g/mol. The zero-order chi connectivity index (χ0) is 36.1. The number of amides is 4. The molecule has 4 amide bonds. The van der Waals surface area contributed by atoms with E-state index in [0.29, 0.717) is 11.4 Å². The maximum absolute atomic E-state index is 13.7. The lowest BCUT2D eigenvalue weighted by molar-refractivity contribution is -0.122. The highest BCUT2D eigenvalue weighted by Crippen LogP contribution is 2.27. The summed E-state index contributed by atoms with van der Waals surface area (Å²) in [5.74, 6) is -1.56. The summed E-state index contributed by atoms with van der Waals surface area (Å²) in [4.78, 5) is 89.2. The Balaban J connectivity index is 1.48. The molecule has 1 aliphatic rings. The van der Waals surface area contributed by atoms with Crippen LogP contribution in [0.25, 0.3) is 0 Å². The van der Waals surface area contributed by atoms with Gasteiger partial charge in [-0.1, -0.05) is 44.2 Å². The largest absolute Gasteiger partial charge is 0.443 e. The van der Waals surface area contributed by atoms with E-state index in [0.717, 1.165) is 20.8 Å². The maximum atomic E-state index is 13.7. The van der Waals surface area contributed by atoms with Crippen LogP contribution in [0.2, 0.25) is 0 Å². The minimum atomic E-state index is -0.707. The van der Waals surface area contributed by atoms with Gasteiger partial charge in [0, 0.05) is 58.0 Å². The van der Waals surface area contributed by atoms with Crippen LogP contribution in [0.1, 0.15) is 92.5 Å². The lowest BCUT2D eigenvalue weighted by atomic mass is 10.0. The molecule has 1 aromatic carbocycles. The van der Waals surface area contributed by atoms with E-state index in [9.17, 15) is 28.8 Å². The van der Waals surface area contributed by atoms with Gasteiger partial charge in [0.25, 0.3) is 23.3 Å². The van der Waals surface area contributed by atoms with Crippen molar-refractivity contribution in [3.63, 3.8) is 0 Å². The third-order valence-corrected chi connectivity index (χ3v) is 9.38. The van der Waals surface area contributed by atoms with Crippen molar-refractivity contribution in [1.82, 2.24) is 40.0 Å². The molecular weight excluding hydrogens is 664 g/mol. The van der Waals surface area contributed by atoms with Gasteiger partial charge >= 0.3 is 5.69 Å². The number of carbonyl (C=O) groups is 4. The molecule has 5 rings (SSSR count). The standard InChI is InChI=1S/C34H40N8O7S/c1-19(2)27-32-37-23(18-50-32)29(45)35-13-15-42(33(47)24-17-26(44)41(5)34(48)40(24)4)14-9-12-25(43)36-22(16-21-10-7-6-8-11-21)31-39-28(20(3)49-31)30(46)38-27/h6-8,10-11,17-19,22,27H,9,12-16H2,1-5H3,(H,35,45)(H,36,43)(H,38,46)/t22-,27-/m0/s1. The third-order valence-electron chi connectivity index (χ3n) is 8.45. The fourth-order valence-corrected chi connectivity index (χ4v) is 6.61. The van der Waals surface area contributed by atoms with Gasteiger partial charge in [0.1, 0.15) is 28.2 Å². The van der Waals surface area contributed by atoms with E-state index in [-0.39, 0.29) is 73.0 Å². The molecule has 16 heteroatoms. The van der Waals surface area contributed by atoms with Crippen LogP contribution in [0.15, 0.2) is 55.8 Å². The summed E-state index contributed by atoms with van der Waals surface area (Å²) >= 11 is 1.23. The molecule has 15 nitrogen and oxygen atoms in total. The molecule has 0 aliphatic carbocycles. The number of oxazole rings is 1. The summed E-state index contributed by atoms with van der Waals surface area (Å²) in [5.41, 5.74) is -0.292. The van der Waals surface area contributed by atoms with E-state index in [1.165, 1.54) is 30.3 Å². The smallest absolute Gasteiger partial charge is 0.331 e. The molecule has 3 N–H and O–H groups in total. The summed E-state index contributed by atoms with van der Waals surface area (Å²) in [5, 5.41) is 10.8. The first-order chi connectivity index (χ1) is 23.8. The zero-order valence-electron chi connectivity index (χ0n) is 28.5. The van der Waals surface area contributed by atoms with Crippen LogP contribution in [0.3, 0.4) is 0 Å². The second-order valence-electron chi connectivity index (χ2n) is 12.5. The number of thiazole rings is 1. The number of aromatic nitrogens is 4.